The molecule has 0 radical (unpaired) electrons. The molecule has 0 fully saturated rings. The maximum absolute atomic E-state index is 11.0. The third kappa shape index (κ3) is 2.07. The largest absolute Gasteiger partial charge is 0.426 e. The number of hydrogen-bond donors (Lipinski definition) is 0. The van der Waals surface area contributed by atoms with Crippen LogP contribution in [-0.4, -0.2) is 11.0 Å². The van der Waals surface area contributed by atoms with Gasteiger partial charge in [0.2, 0.25) is 0 Å². The summed E-state index contributed by atoms with van der Waals surface area (Å²) in [7, 11) is 0. The molecule has 0 aliphatic rings. The Morgan fingerprint density at radius 3 is 2.94 bits per heavy atom. The zero-order valence-corrected chi connectivity index (χ0v) is 10.3. The van der Waals surface area contributed by atoms with Crippen LogP contribution in [0.4, 0.5) is 0 Å². The summed E-state index contributed by atoms with van der Waals surface area (Å²) < 4.78 is 5.15. The van der Waals surface area contributed by atoms with Gasteiger partial charge in [-0.15, -0.1) is 0 Å². The van der Waals surface area contributed by atoms with E-state index in [1.54, 1.807) is 12.3 Å². The Bertz CT molecular complexity index is 540. The number of alkyl halides is 1. The van der Waals surface area contributed by atoms with Crippen LogP contribution < -0.4 is 4.74 Å². The second-order valence-electron chi connectivity index (χ2n) is 3.34. The SMILES string of the molecule is CC(=O)Oc1ccc2ncccc2c1CBr. The van der Waals surface area contributed by atoms with Crippen molar-refractivity contribution < 1.29 is 9.53 Å². The van der Waals surface area contributed by atoms with Gasteiger partial charge in [-0.2, -0.15) is 0 Å². The Morgan fingerprint density at radius 1 is 1.44 bits per heavy atom. The van der Waals surface area contributed by atoms with Gasteiger partial charge in [0.1, 0.15) is 5.75 Å². The number of hydrogen-bond acceptors (Lipinski definition) is 3. The molecule has 0 bridgehead atoms. The molecule has 0 saturated heterocycles. The van der Waals surface area contributed by atoms with E-state index in [0.717, 1.165) is 16.5 Å². The first-order valence-corrected chi connectivity index (χ1v) is 5.95. The lowest BCUT2D eigenvalue weighted by Crippen LogP contribution is -2.03. The fraction of sp³-hybridized carbons (Fsp3) is 0.167. The van der Waals surface area contributed by atoms with Crippen LogP contribution in [0, 0.1) is 0 Å². The third-order valence-electron chi connectivity index (χ3n) is 2.24. The highest BCUT2D eigenvalue weighted by atomic mass is 79.9. The first-order chi connectivity index (χ1) is 7.72. The van der Waals surface area contributed by atoms with Crippen molar-refractivity contribution >= 4 is 32.8 Å². The second kappa shape index (κ2) is 4.61. The minimum Gasteiger partial charge on any atom is -0.426 e. The van der Waals surface area contributed by atoms with Crippen LogP contribution in [0.3, 0.4) is 0 Å². The van der Waals surface area contributed by atoms with Crippen molar-refractivity contribution in [1.82, 2.24) is 4.98 Å². The Balaban J connectivity index is 2.63. The van der Waals surface area contributed by atoms with Gasteiger partial charge < -0.3 is 4.74 Å². The molecule has 2 rings (SSSR count). The van der Waals surface area contributed by atoms with E-state index in [-0.39, 0.29) is 5.97 Å². The molecule has 0 unspecified atom stereocenters. The van der Waals surface area contributed by atoms with Crippen molar-refractivity contribution in [1.29, 1.82) is 0 Å². The standard InChI is InChI=1S/C12H10BrNO2/c1-8(15)16-12-5-4-11-9(10(12)7-13)3-2-6-14-11/h2-6H,7H2,1H3. The number of carbonyl (C=O) groups is 1. The first kappa shape index (κ1) is 11.1. The van der Waals surface area contributed by atoms with Crippen molar-refractivity contribution in [2.75, 3.05) is 0 Å². The molecule has 1 aromatic heterocycles. The van der Waals surface area contributed by atoms with E-state index < -0.39 is 0 Å². The molecule has 0 aliphatic carbocycles. The molecular formula is C12H10BrNO2. The molecule has 0 N–H and O–H groups in total. The monoisotopic (exact) mass is 279 g/mol. The number of ether oxygens (including phenoxy) is 1. The normalized spacial score (nSPS) is 10.4. The van der Waals surface area contributed by atoms with Gasteiger partial charge in [-0.3, -0.25) is 9.78 Å². The predicted molar refractivity (Wildman–Crippen MR) is 65.7 cm³/mol. The topological polar surface area (TPSA) is 39.2 Å². The lowest BCUT2D eigenvalue weighted by Gasteiger charge is -2.09. The maximum atomic E-state index is 11.0. The molecule has 2 aromatic rings. The van der Waals surface area contributed by atoms with Gasteiger partial charge in [-0.05, 0) is 18.2 Å². The van der Waals surface area contributed by atoms with Crippen molar-refractivity contribution in [2.24, 2.45) is 0 Å². The smallest absolute Gasteiger partial charge is 0.308 e. The molecule has 16 heavy (non-hydrogen) atoms. The molecule has 4 heteroatoms. The molecule has 1 aromatic carbocycles. The number of carbonyl (C=O) groups excluding carboxylic acids is 1. The van der Waals surface area contributed by atoms with E-state index in [2.05, 4.69) is 20.9 Å². The molecule has 1 heterocycles. The Kier molecular flexibility index (Phi) is 3.19. The van der Waals surface area contributed by atoms with E-state index >= 15 is 0 Å². The van der Waals surface area contributed by atoms with E-state index in [0.29, 0.717) is 11.1 Å². The van der Waals surface area contributed by atoms with E-state index in [4.69, 9.17) is 4.74 Å². The van der Waals surface area contributed by atoms with E-state index in [1.165, 1.54) is 6.92 Å². The number of pyridine rings is 1. The summed E-state index contributed by atoms with van der Waals surface area (Å²) in [5.74, 6) is 0.273. The van der Waals surface area contributed by atoms with Crippen molar-refractivity contribution in [3.05, 3.63) is 36.0 Å². The first-order valence-electron chi connectivity index (χ1n) is 4.83. The zero-order valence-electron chi connectivity index (χ0n) is 8.74. The van der Waals surface area contributed by atoms with Gasteiger partial charge in [0, 0.05) is 29.4 Å². The minimum absolute atomic E-state index is 0.314. The highest BCUT2D eigenvalue weighted by Crippen LogP contribution is 2.28. The van der Waals surface area contributed by atoms with Gasteiger partial charge in [0.25, 0.3) is 0 Å². The van der Waals surface area contributed by atoms with Crippen LogP contribution in [0.2, 0.25) is 0 Å². The molecule has 3 nitrogen and oxygen atoms in total. The van der Waals surface area contributed by atoms with Gasteiger partial charge in [-0.25, -0.2) is 0 Å². The van der Waals surface area contributed by atoms with Crippen molar-refractivity contribution in [3.63, 3.8) is 0 Å². The Labute approximate surface area is 102 Å². The van der Waals surface area contributed by atoms with Gasteiger partial charge in [0.05, 0.1) is 5.52 Å². The summed E-state index contributed by atoms with van der Waals surface area (Å²) in [5.41, 5.74) is 1.84. The van der Waals surface area contributed by atoms with Crippen LogP contribution in [0.25, 0.3) is 10.9 Å². The van der Waals surface area contributed by atoms with Crippen molar-refractivity contribution in [3.8, 4) is 5.75 Å². The molecule has 82 valence electrons. The highest BCUT2D eigenvalue weighted by molar-refractivity contribution is 9.08. The number of rotatable bonds is 2. The Morgan fingerprint density at radius 2 is 2.25 bits per heavy atom. The molecular weight excluding hydrogens is 270 g/mol. The Hall–Kier alpha value is -1.42. The average molecular weight is 280 g/mol. The van der Waals surface area contributed by atoms with Crippen molar-refractivity contribution in [2.45, 2.75) is 12.3 Å². The number of halogens is 1. The van der Waals surface area contributed by atoms with Gasteiger partial charge >= 0.3 is 5.97 Å². The second-order valence-corrected chi connectivity index (χ2v) is 3.90. The molecule has 0 amide bonds. The number of fused-ring (bicyclic) bond motifs is 1. The summed E-state index contributed by atoms with van der Waals surface area (Å²) in [4.78, 5) is 15.2. The summed E-state index contributed by atoms with van der Waals surface area (Å²) in [5, 5.41) is 1.62. The van der Waals surface area contributed by atoms with Crippen LogP contribution in [0.15, 0.2) is 30.5 Å². The van der Waals surface area contributed by atoms with Gasteiger partial charge in [0.15, 0.2) is 0 Å². The third-order valence-corrected chi connectivity index (χ3v) is 2.80. The number of benzene rings is 1. The number of nitrogens with zero attached hydrogens (tertiary/aromatic N) is 1. The van der Waals surface area contributed by atoms with E-state index in [1.807, 2.05) is 18.2 Å². The lowest BCUT2D eigenvalue weighted by atomic mass is 10.1. The molecule has 0 atom stereocenters. The maximum Gasteiger partial charge on any atom is 0.308 e. The molecule has 0 spiro atoms. The average Bonchev–Trinajstić information content (AvgIpc) is 2.28. The van der Waals surface area contributed by atoms with Gasteiger partial charge in [-0.1, -0.05) is 22.0 Å². The predicted octanol–water partition coefficient (Wildman–Crippen LogP) is 3.06. The van der Waals surface area contributed by atoms with Crippen LogP contribution in [-0.2, 0) is 10.1 Å². The summed E-state index contributed by atoms with van der Waals surface area (Å²) >= 11 is 3.40. The zero-order chi connectivity index (χ0) is 11.5. The molecule has 0 aliphatic heterocycles. The van der Waals surface area contributed by atoms with E-state index in [9.17, 15) is 4.79 Å². The fourth-order valence-corrected chi connectivity index (χ4v) is 2.16. The fourth-order valence-electron chi connectivity index (χ4n) is 1.58. The number of esters is 1. The molecule has 0 saturated carbocycles. The summed E-state index contributed by atoms with van der Waals surface area (Å²) in [6.07, 6.45) is 1.74. The number of aromatic nitrogens is 1. The lowest BCUT2D eigenvalue weighted by molar-refractivity contribution is -0.131. The summed E-state index contributed by atoms with van der Waals surface area (Å²) in [6.45, 7) is 1.39. The van der Waals surface area contributed by atoms with Crippen LogP contribution in [0.5, 0.6) is 5.75 Å². The quantitative estimate of drug-likeness (QED) is 0.482. The summed E-state index contributed by atoms with van der Waals surface area (Å²) in [6, 6.07) is 7.45. The highest BCUT2D eigenvalue weighted by Gasteiger charge is 2.09. The van der Waals surface area contributed by atoms with Crippen LogP contribution >= 0.6 is 15.9 Å². The minimum atomic E-state index is -0.314. The van der Waals surface area contributed by atoms with Crippen LogP contribution in [0.1, 0.15) is 12.5 Å².